The molecule has 0 radical (unpaired) electrons. The summed E-state index contributed by atoms with van der Waals surface area (Å²) in [6, 6.07) is 0.451. The van der Waals surface area contributed by atoms with Gasteiger partial charge in [-0.3, -0.25) is 10.4 Å². The summed E-state index contributed by atoms with van der Waals surface area (Å²) in [5, 5.41) is 1.98. The van der Waals surface area contributed by atoms with Crippen LogP contribution in [0.4, 0.5) is 0 Å². The maximum Gasteiger partial charge on any atom is 0.0337 e. The van der Waals surface area contributed by atoms with Crippen LogP contribution in [0.15, 0.2) is 0 Å². The summed E-state index contributed by atoms with van der Waals surface area (Å²) in [4.78, 5) is 0. The first-order valence-electron chi connectivity index (χ1n) is 5.34. The number of nitrogens with two attached hydrogens (primary N) is 1. The first-order chi connectivity index (χ1) is 6.20. The van der Waals surface area contributed by atoms with Crippen molar-refractivity contribution in [1.82, 2.24) is 10.4 Å². The maximum atomic E-state index is 5.65. The molecular formula is C10H25N3. The Balaban J connectivity index is 3.36. The molecule has 0 spiro atoms. The lowest BCUT2D eigenvalue weighted by atomic mass is 10.1. The Kier molecular flexibility index (Phi) is 8.40. The molecule has 0 rings (SSSR count). The minimum atomic E-state index is 0.451. The van der Waals surface area contributed by atoms with Crippen LogP contribution >= 0.6 is 0 Å². The zero-order chi connectivity index (χ0) is 10.1. The summed E-state index contributed by atoms with van der Waals surface area (Å²) in [7, 11) is 4.02. The van der Waals surface area contributed by atoms with Crippen molar-refractivity contribution in [3.8, 4) is 0 Å². The number of rotatable bonds is 8. The third-order valence-corrected chi connectivity index (χ3v) is 2.13. The smallest absolute Gasteiger partial charge is 0.0337 e. The van der Waals surface area contributed by atoms with Crippen molar-refractivity contribution in [3.63, 3.8) is 0 Å². The van der Waals surface area contributed by atoms with Crippen LogP contribution in [0.1, 0.15) is 39.0 Å². The molecule has 0 heterocycles. The minimum Gasteiger partial charge on any atom is -0.329 e. The fraction of sp³-hybridized carbons (Fsp3) is 1.00. The van der Waals surface area contributed by atoms with Crippen LogP contribution in [-0.4, -0.2) is 31.7 Å². The summed E-state index contributed by atoms with van der Waals surface area (Å²) in [5.41, 5.74) is 8.96. The molecule has 0 bridgehead atoms. The third kappa shape index (κ3) is 8.22. The van der Waals surface area contributed by atoms with Crippen LogP contribution in [0.5, 0.6) is 0 Å². The molecule has 0 saturated carbocycles. The van der Waals surface area contributed by atoms with Gasteiger partial charge in [0.05, 0.1) is 0 Å². The van der Waals surface area contributed by atoms with Crippen molar-refractivity contribution < 1.29 is 0 Å². The highest BCUT2D eigenvalue weighted by Gasteiger charge is 2.05. The van der Waals surface area contributed by atoms with Gasteiger partial charge >= 0.3 is 0 Å². The van der Waals surface area contributed by atoms with E-state index < -0.39 is 0 Å². The topological polar surface area (TPSA) is 41.3 Å². The molecule has 1 atom stereocenters. The van der Waals surface area contributed by atoms with Gasteiger partial charge in [0, 0.05) is 26.7 Å². The Morgan fingerprint density at radius 1 is 1.23 bits per heavy atom. The monoisotopic (exact) mass is 187 g/mol. The van der Waals surface area contributed by atoms with E-state index in [9.17, 15) is 0 Å². The zero-order valence-corrected chi connectivity index (χ0v) is 9.34. The van der Waals surface area contributed by atoms with Crippen LogP contribution in [0.25, 0.3) is 0 Å². The van der Waals surface area contributed by atoms with Crippen molar-refractivity contribution >= 4 is 0 Å². The highest BCUT2D eigenvalue weighted by molar-refractivity contribution is 4.64. The van der Waals surface area contributed by atoms with E-state index in [1.807, 2.05) is 19.1 Å². The molecule has 0 amide bonds. The SMILES string of the molecule is CCCCCCC(CN)NN(C)C. The Morgan fingerprint density at radius 2 is 1.92 bits per heavy atom. The minimum absolute atomic E-state index is 0.451. The fourth-order valence-electron chi connectivity index (χ4n) is 1.42. The van der Waals surface area contributed by atoms with E-state index in [2.05, 4.69) is 12.3 Å². The molecule has 0 aliphatic rings. The van der Waals surface area contributed by atoms with Crippen molar-refractivity contribution in [2.75, 3.05) is 20.6 Å². The average Bonchev–Trinajstić information content (AvgIpc) is 2.09. The molecule has 3 N–H and O–H groups in total. The predicted molar refractivity (Wildman–Crippen MR) is 58.4 cm³/mol. The molecule has 0 aliphatic heterocycles. The van der Waals surface area contributed by atoms with Crippen molar-refractivity contribution in [1.29, 1.82) is 0 Å². The Labute approximate surface area is 82.6 Å². The molecule has 3 nitrogen and oxygen atoms in total. The molecule has 0 saturated heterocycles. The molecule has 3 heteroatoms. The quantitative estimate of drug-likeness (QED) is 0.445. The van der Waals surface area contributed by atoms with E-state index in [1.165, 1.54) is 32.1 Å². The van der Waals surface area contributed by atoms with Crippen LogP contribution < -0.4 is 11.2 Å². The molecule has 13 heavy (non-hydrogen) atoms. The summed E-state index contributed by atoms with van der Waals surface area (Å²) in [5.74, 6) is 0. The number of nitrogens with zero attached hydrogens (tertiary/aromatic N) is 1. The molecular weight excluding hydrogens is 162 g/mol. The van der Waals surface area contributed by atoms with E-state index in [0.717, 1.165) is 6.54 Å². The highest BCUT2D eigenvalue weighted by atomic mass is 15.5. The molecule has 0 aliphatic carbocycles. The van der Waals surface area contributed by atoms with E-state index in [1.54, 1.807) is 0 Å². The largest absolute Gasteiger partial charge is 0.329 e. The molecule has 0 aromatic heterocycles. The summed E-state index contributed by atoms with van der Waals surface area (Å²) < 4.78 is 0. The Morgan fingerprint density at radius 3 is 2.38 bits per heavy atom. The molecule has 80 valence electrons. The lowest BCUT2D eigenvalue weighted by Gasteiger charge is -2.21. The van der Waals surface area contributed by atoms with E-state index in [0.29, 0.717) is 6.04 Å². The predicted octanol–water partition coefficient (Wildman–Crippen LogP) is 1.35. The summed E-state index contributed by atoms with van der Waals surface area (Å²) >= 11 is 0. The van der Waals surface area contributed by atoms with Crippen molar-refractivity contribution in [2.45, 2.75) is 45.1 Å². The second-order valence-electron chi connectivity index (χ2n) is 3.81. The van der Waals surface area contributed by atoms with E-state index >= 15 is 0 Å². The van der Waals surface area contributed by atoms with Gasteiger partial charge in [-0.1, -0.05) is 32.6 Å². The van der Waals surface area contributed by atoms with Crippen molar-refractivity contribution in [3.05, 3.63) is 0 Å². The Bertz CT molecular complexity index is 104. The number of hydrogen-bond donors (Lipinski definition) is 2. The molecule has 1 unspecified atom stereocenters. The lowest BCUT2D eigenvalue weighted by Crippen LogP contribution is -2.44. The van der Waals surface area contributed by atoms with Gasteiger partial charge in [-0.15, -0.1) is 0 Å². The van der Waals surface area contributed by atoms with Crippen LogP contribution in [0.3, 0.4) is 0 Å². The van der Waals surface area contributed by atoms with Gasteiger partial charge in [0.1, 0.15) is 0 Å². The molecule has 0 aromatic carbocycles. The standard InChI is InChI=1S/C10H25N3/c1-4-5-6-7-8-10(9-11)12-13(2)3/h10,12H,4-9,11H2,1-3H3. The number of hydrazine groups is 1. The van der Waals surface area contributed by atoms with E-state index in [-0.39, 0.29) is 0 Å². The van der Waals surface area contributed by atoms with Crippen molar-refractivity contribution in [2.24, 2.45) is 5.73 Å². The average molecular weight is 187 g/mol. The summed E-state index contributed by atoms with van der Waals surface area (Å²) in [6.07, 6.45) is 6.46. The van der Waals surface area contributed by atoms with Crippen LogP contribution in [-0.2, 0) is 0 Å². The van der Waals surface area contributed by atoms with Gasteiger partial charge in [0.2, 0.25) is 0 Å². The van der Waals surface area contributed by atoms with Crippen LogP contribution in [0.2, 0.25) is 0 Å². The second-order valence-corrected chi connectivity index (χ2v) is 3.81. The zero-order valence-electron chi connectivity index (χ0n) is 9.34. The first-order valence-corrected chi connectivity index (χ1v) is 5.34. The van der Waals surface area contributed by atoms with Gasteiger partial charge < -0.3 is 5.73 Å². The van der Waals surface area contributed by atoms with Crippen LogP contribution in [0, 0.1) is 0 Å². The maximum absolute atomic E-state index is 5.65. The number of unbranched alkanes of at least 4 members (excludes halogenated alkanes) is 3. The van der Waals surface area contributed by atoms with Gasteiger partial charge in [0.15, 0.2) is 0 Å². The van der Waals surface area contributed by atoms with E-state index in [4.69, 9.17) is 5.73 Å². The van der Waals surface area contributed by atoms with Gasteiger partial charge in [-0.05, 0) is 6.42 Å². The number of hydrogen-bond acceptors (Lipinski definition) is 3. The third-order valence-electron chi connectivity index (χ3n) is 2.13. The summed E-state index contributed by atoms with van der Waals surface area (Å²) in [6.45, 7) is 2.96. The molecule has 0 fully saturated rings. The molecule has 0 aromatic rings. The fourth-order valence-corrected chi connectivity index (χ4v) is 1.42. The number of nitrogens with one attached hydrogen (secondary N) is 1. The van der Waals surface area contributed by atoms with Gasteiger partial charge in [-0.2, -0.15) is 0 Å². The second kappa shape index (κ2) is 8.48. The lowest BCUT2D eigenvalue weighted by molar-refractivity contribution is 0.234. The Hall–Kier alpha value is -0.120. The normalized spacial score (nSPS) is 13.6. The highest BCUT2D eigenvalue weighted by Crippen LogP contribution is 2.04. The van der Waals surface area contributed by atoms with Gasteiger partial charge in [-0.25, -0.2) is 0 Å². The first kappa shape index (κ1) is 12.9. The van der Waals surface area contributed by atoms with Gasteiger partial charge in [0.25, 0.3) is 0 Å².